The van der Waals surface area contributed by atoms with Crippen LogP contribution in [0.25, 0.3) is 0 Å². The number of hydrogen-bond donors (Lipinski definition) is 1. The third-order valence-electron chi connectivity index (χ3n) is 2.26. The first kappa shape index (κ1) is 11.5. The van der Waals surface area contributed by atoms with Gasteiger partial charge in [0.15, 0.2) is 11.6 Å². The molecule has 17 heavy (non-hydrogen) atoms. The van der Waals surface area contributed by atoms with Crippen molar-refractivity contribution >= 4 is 0 Å². The molecule has 0 amide bonds. The topological polar surface area (TPSA) is 29.5 Å². The SMILES string of the molecule is OCc1ccccc1Oc1ccc(F)cc1F. The lowest BCUT2D eigenvalue weighted by Crippen LogP contribution is -1.93. The van der Waals surface area contributed by atoms with Gasteiger partial charge in [-0.25, -0.2) is 8.78 Å². The van der Waals surface area contributed by atoms with E-state index in [-0.39, 0.29) is 12.4 Å². The molecule has 0 heterocycles. The highest BCUT2D eigenvalue weighted by Gasteiger charge is 2.08. The monoisotopic (exact) mass is 236 g/mol. The molecule has 2 aromatic rings. The molecule has 0 aromatic heterocycles. The fraction of sp³-hybridized carbons (Fsp3) is 0.0769. The van der Waals surface area contributed by atoms with Crippen LogP contribution in [0.15, 0.2) is 42.5 Å². The summed E-state index contributed by atoms with van der Waals surface area (Å²) in [7, 11) is 0. The number of rotatable bonds is 3. The summed E-state index contributed by atoms with van der Waals surface area (Å²) in [6.07, 6.45) is 0. The van der Waals surface area contributed by atoms with Gasteiger partial charge in [-0.05, 0) is 18.2 Å². The van der Waals surface area contributed by atoms with E-state index in [9.17, 15) is 8.78 Å². The Balaban J connectivity index is 2.31. The Hall–Kier alpha value is -1.94. The molecule has 0 aliphatic rings. The first-order valence-electron chi connectivity index (χ1n) is 5.02. The van der Waals surface area contributed by atoms with E-state index in [1.807, 2.05) is 0 Å². The molecule has 0 aliphatic heterocycles. The van der Waals surface area contributed by atoms with Crippen LogP contribution in [0.1, 0.15) is 5.56 Å². The number of hydrogen-bond acceptors (Lipinski definition) is 2. The van der Waals surface area contributed by atoms with Gasteiger partial charge in [-0.15, -0.1) is 0 Å². The highest BCUT2D eigenvalue weighted by Crippen LogP contribution is 2.27. The van der Waals surface area contributed by atoms with Crippen LogP contribution in [0, 0.1) is 11.6 Å². The number of benzene rings is 2. The molecule has 0 spiro atoms. The highest BCUT2D eigenvalue weighted by atomic mass is 19.1. The number of aliphatic hydroxyl groups is 1. The van der Waals surface area contributed by atoms with Crippen LogP contribution in [0.5, 0.6) is 11.5 Å². The van der Waals surface area contributed by atoms with Gasteiger partial charge in [0.1, 0.15) is 11.6 Å². The molecular formula is C13H10F2O2. The van der Waals surface area contributed by atoms with Crippen molar-refractivity contribution in [3.8, 4) is 11.5 Å². The van der Waals surface area contributed by atoms with E-state index >= 15 is 0 Å². The van der Waals surface area contributed by atoms with Crippen LogP contribution in [-0.2, 0) is 6.61 Å². The molecule has 2 nitrogen and oxygen atoms in total. The molecule has 0 aliphatic carbocycles. The molecule has 0 saturated carbocycles. The van der Waals surface area contributed by atoms with Crippen LogP contribution < -0.4 is 4.74 Å². The summed E-state index contributed by atoms with van der Waals surface area (Å²) >= 11 is 0. The minimum atomic E-state index is -0.780. The third kappa shape index (κ3) is 2.60. The maximum atomic E-state index is 13.3. The number of ether oxygens (including phenoxy) is 1. The largest absolute Gasteiger partial charge is 0.454 e. The maximum Gasteiger partial charge on any atom is 0.168 e. The van der Waals surface area contributed by atoms with Gasteiger partial charge in [-0.3, -0.25) is 0 Å². The quantitative estimate of drug-likeness (QED) is 0.886. The molecule has 0 fully saturated rings. The second kappa shape index (κ2) is 4.93. The Morgan fingerprint density at radius 2 is 1.76 bits per heavy atom. The Morgan fingerprint density at radius 1 is 1.00 bits per heavy atom. The smallest absolute Gasteiger partial charge is 0.168 e. The minimum Gasteiger partial charge on any atom is -0.454 e. The standard InChI is InChI=1S/C13H10F2O2/c14-10-5-6-13(11(15)7-10)17-12-4-2-1-3-9(12)8-16/h1-7,16H,8H2. The first-order valence-corrected chi connectivity index (χ1v) is 5.02. The third-order valence-corrected chi connectivity index (χ3v) is 2.26. The molecule has 0 unspecified atom stereocenters. The van der Waals surface area contributed by atoms with E-state index in [4.69, 9.17) is 9.84 Å². The van der Waals surface area contributed by atoms with Crippen molar-refractivity contribution in [3.63, 3.8) is 0 Å². The predicted molar refractivity (Wildman–Crippen MR) is 58.8 cm³/mol. The molecule has 2 rings (SSSR count). The van der Waals surface area contributed by atoms with Crippen LogP contribution in [-0.4, -0.2) is 5.11 Å². The highest BCUT2D eigenvalue weighted by molar-refractivity contribution is 5.37. The van der Waals surface area contributed by atoms with Crippen molar-refractivity contribution in [3.05, 3.63) is 59.7 Å². The summed E-state index contributed by atoms with van der Waals surface area (Å²) in [5, 5.41) is 9.08. The molecule has 0 atom stereocenters. The molecule has 2 aromatic carbocycles. The minimum absolute atomic E-state index is 0.0766. The van der Waals surface area contributed by atoms with Crippen molar-refractivity contribution in [2.75, 3.05) is 0 Å². The van der Waals surface area contributed by atoms with E-state index < -0.39 is 11.6 Å². The van der Waals surface area contributed by atoms with Crippen molar-refractivity contribution in [1.82, 2.24) is 0 Å². The number of halogens is 2. The lowest BCUT2D eigenvalue weighted by Gasteiger charge is -2.09. The van der Waals surface area contributed by atoms with Gasteiger partial charge in [0.25, 0.3) is 0 Å². The van der Waals surface area contributed by atoms with Crippen LogP contribution in [0.2, 0.25) is 0 Å². The van der Waals surface area contributed by atoms with Gasteiger partial charge in [0.2, 0.25) is 0 Å². The summed E-state index contributed by atoms with van der Waals surface area (Å²) in [5.41, 5.74) is 0.538. The number of aliphatic hydroxyl groups excluding tert-OH is 1. The van der Waals surface area contributed by atoms with Crippen molar-refractivity contribution in [2.45, 2.75) is 6.61 Å². The zero-order chi connectivity index (χ0) is 12.3. The molecule has 0 saturated heterocycles. The fourth-order valence-corrected chi connectivity index (χ4v) is 1.41. The van der Waals surface area contributed by atoms with Gasteiger partial charge >= 0.3 is 0 Å². The Kier molecular flexibility index (Phi) is 3.35. The average molecular weight is 236 g/mol. The predicted octanol–water partition coefficient (Wildman–Crippen LogP) is 3.25. The molecule has 4 heteroatoms. The molecular weight excluding hydrogens is 226 g/mol. The van der Waals surface area contributed by atoms with E-state index in [1.54, 1.807) is 24.3 Å². The van der Waals surface area contributed by atoms with Crippen molar-refractivity contribution in [2.24, 2.45) is 0 Å². The van der Waals surface area contributed by atoms with Crippen molar-refractivity contribution < 1.29 is 18.6 Å². The summed E-state index contributed by atoms with van der Waals surface area (Å²) in [5.74, 6) is -1.17. The van der Waals surface area contributed by atoms with Crippen LogP contribution in [0.3, 0.4) is 0 Å². The molecule has 0 radical (unpaired) electrons. The Morgan fingerprint density at radius 3 is 2.47 bits per heavy atom. The summed E-state index contributed by atoms with van der Waals surface area (Å²) in [6.45, 7) is -0.209. The molecule has 1 N–H and O–H groups in total. The summed E-state index contributed by atoms with van der Waals surface area (Å²) in [4.78, 5) is 0. The van der Waals surface area contributed by atoms with Crippen LogP contribution in [0.4, 0.5) is 8.78 Å². The van der Waals surface area contributed by atoms with E-state index in [1.165, 1.54) is 6.07 Å². The second-order valence-corrected chi connectivity index (χ2v) is 3.44. The molecule has 88 valence electrons. The lowest BCUT2D eigenvalue weighted by atomic mass is 10.2. The van der Waals surface area contributed by atoms with E-state index in [0.29, 0.717) is 11.3 Å². The molecule has 0 bridgehead atoms. The number of para-hydroxylation sites is 1. The lowest BCUT2D eigenvalue weighted by molar-refractivity contribution is 0.276. The Labute approximate surface area is 97.1 Å². The van der Waals surface area contributed by atoms with Gasteiger partial charge in [-0.2, -0.15) is 0 Å². The van der Waals surface area contributed by atoms with Gasteiger partial charge in [-0.1, -0.05) is 18.2 Å². The maximum absolute atomic E-state index is 13.3. The normalized spacial score (nSPS) is 10.3. The van der Waals surface area contributed by atoms with E-state index in [0.717, 1.165) is 12.1 Å². The zero-order valence-corrected chi connectivity index (χ0v) is 8.86. The van der Waals surface area contributed by atoms with Gasteiger partial charge < -0.3 is 9.84 Å². The summed E-state index contributed by atoms with van der Waals surface area (Å²) < 4.78 is 31.3. The van der Waals surface area contributed by atoms with Crippen molar-refractivity contribution in [1.29, 1.82) is 0 Å². The fourth-order valence-electron chi connectivity index (χ4n) is 1.41. The Bertz CT molecular complexity index is 527. The zero-order valence-electron chi connectivity index (χ0n) is 8.86. The first-order chi connectivity index (χ1) is 8.20. The van der Waals surface area contributed by atoms with Gasteiger partial charge in [0, 0.05) is 11.6 Å². The second-order valence-electron chi connectivity index (χ2n) is 3.44. The average Bonchev–Trinajstić information content (AvgIpc) is 2.33. The van der Waals surface area contributed by atoms with Gasteiger partial charge in [0.05, 0.1) is 6.61 Å². The van der Waals surface area contributed by atoms with E-state index in [2.05, 4.69) is 0 Å². The van der Waals surface area contributed by atoms with Crippen LogP contribution >= 0.6 is 0 Å². The summed E-state index contributed by atoms with van der Waals surface area (Å²) in [6, 6.07) is 9.77.